The first kappa shape index (κ1) is 18.3. The molecule has 5 nitrogen and oxygen atoms in total. The minimum atomic E-state index is -0.859. The molecule has 0 bridgehead atoms. The molecule has 1 atom stereocenters. The third-order valence-corrected chi connectivity index (χ3v) is 3.35. The predicted molar refractivity (Wildman–Crippen MR) is 94.6 cm³/mol. The normalized spacial score (nSPS) is 11.2. The summed E-state index contributed by atoms with van der Waals surface area (Å²) in [6, 6.07) is 17.8. The quantitative estimate of drug-likeness (QED) is 0.618. The highest BCUT2D eigenvalue weighted by atomic mass is 16.6. The molecule has 0 radical (unpaired) electrons. The summed E-state index contributed by atoms with van der Waals surface area (Å²) in [4.78, 5) is 24.3. The number of rotatable bonds is 7. The second kappa shape index (κ2) is 9.27. The molecule has 2 aromatic rings. The van der Waals surface area contributed by atoms with Crippen LogP contribution in [0.5, 0.6) is 0 Å². The minimum Gasteiger partial charge on any atom is -0.445 e. The molecule has 1 amide bonds. The molecule has 0 aliphatic rings. The fraction of sp³-hybridized carbons (Fsp3) is 0.200. The van der Waals surface area contributed by atoms with E-state index in [9.17, 15) is 9.59 Å². The fourth-order valence-corrected chi connectivity index (χ4v) is 2.19. The summed E-state index contributed by atoms with van der Waals surface area (Å²) < 4.78 is 10.2. The van der Waals surface area contributed by atoms with Crippen LogP contribution in [0.4, 0.5) is 4.79 Å². The summed E-state index contributed by atoms with van der Waals surface area (Å²) in [7, 11) is 0. The van der Waals surface area contributed by atoms with Gasteiger partial charge in [0.1, 0.15) is 12.6 Å². The maximum Gasteiger partial charge on any atom is 0.408 e. The van der Waals surface area contributed by atoms with Crippen LogP contribution in [0.1, 0.15) is 18.1 Å². The molecule has 25 heavy (non-hydrogen) atoms. The van der Waals surface area contributed by atoms with Gasteiger partial charge in [0.2, 0.25) is 0 Å². The van der Waals surface area contributed by atoms with Crippen molar-refractivity contribution in [2.24, 2.45) is 0 Å². The number of alkyl carbamates (subject to hydrolysis) is 1. The van der Waals surface area contributed by atoms with E-state index in [0.29, 0.717) is 6.42 Å². The van der Waals surface area contributed by atoms with Crippen molar-refractivity contribution in [3.05, 3.63) is 84.1 Å². The summed E-state index contributed by atoms with van der Waals surface area (Å²) in [6.45, 7) is 5.25. The Morgan fingerprint density at radius 3 is 2.12 bits per heavy atom. The Morgan fingerprint density at radius 1 is 1.00 bits per heavy atom. The Balaban J connectivity index is 1.97. The van der Waals surface area contributed by atoms with Gasteiger partial charge >= 0.3 is 12.1 Å². The van der Waals surface area contributed by atoms with E-state index in [4.69, 9.17) is 9.47 Å². The van der Waals surface area contributed by atoms with Crippen LogP contribution in [0.25, 0.3) is 0 Å². The third-order valence-electron chi connectivity index (χ3n) is 3.35. The van der Waals surface area contributed by atoms with E-state index in [1.54, 1.807) is 6.92 Å². The van der Waals surface area contributed by atoms with Crippen LogP contribution < -0.4 is 5.32 Å². The molecular formula is C20H21NO4. The van der Waals surface area contributed by atoms with Crippen molar-refractivity contribution in [2.75, 3.05) is 0 Å². The Hall–Kier alpha value is -3.08. The van der Waals surface area contributed by atoms with E-state index >= 15 is 0 Å². The number of nitrogens with one attached hydrogen (secondary N) is 1. The van der Waals surface area contributed by atoms with Crippen LogP contribution in [-0.2, 0) is 27.3 Å². The maximum atomic E-state index is 12.2. The number of esters is 1. The number of benzene rings is 2. The summed E-state index contributed by atoms with van der Waals surface area (Å²) in [6.07, 6.45) is -0.378. The van der Waals surface area contributed by atoms with E-state index in [0.717, 1.165) is 11.1 Å². The zero-order valence-corrected chi connectivity index (χ0v) is 14.1. The molecule has 0 aliphatic heterocycles. The lowest BCUT2D eigenvalue weighted by molar-refractivity contribution is -0.141. The molecule has 0 saturated heterocycles. The second-order valence-electron chi connectivity index (χ2n) is 5.57. The number of hydrogen-bond donors (Lipinski definition) is 1. The van der Waals surface area contributed by atoms with Gasteiger partial charge in [-0.1, -0.05) is 67.2 Å². The maximum absolute atomic E-state index is 12.2. The van der Waals surface area contributed by atoms with Crippen molar-refractivity contribution in [2.45, 2.75) is 26.0 Å². The SMILES string of the molecule is C=C(C)OC(=O)[C@H](Cc1ccccc1)NC(=O)OCc1ccccc1. The van der Waals surface area contributed by atoms with Crippen LogP contribution in [0.3, 0.4) is 0 Å². The summed E-state index contributed by atoms with van der Waals surface area (Å²) in [5.41, 5.74) is 1.76. The fourth-order valence-electron chi connectivity index (χ4n) is 2.19. The number of allylic oxidation sites excluding steroid dienone is 1. The van der Waals surface area contributed by atoms with Crippen LogP contribution in [0.15, 0.2) is 73.0 Å². The molecular weight excluding hydrogens is 318 g/mol. The predicted octanol–water partition coefficient (Wildman–Crippen LogP) is 3.60. The lowest BCUT2D eigenvalue weighted by atomic mass is 10.1. The molecule has 0 saturated carbocycles. The van der Waals surface area contributed by atoms with Crippen molar-refractivity contribution in [3.63, 3.8) is 0 Å². The van der Waals surface area contributed by atoms with Crippen molar-refractivity contribution in [1.82, 2.24) is 5.32 Å². The number of hydrogen-bond acceptors (Lipinski definition) is 4. The second-order valence-corrected chi connectivity index (χ2v) is 5.57. The average Bonchev–Trinajstić information content (AvgIpc) is 2.60. The van der Waals surface area contributed by atoms with Gasteiger partial charge in [0.05, 0.1) is 5.76 Å². The molecule has 0 aromatic heterocycles. The van der Waals surface area contributed by atoms with Crippen LogP contribution in [0.2, 0.25) is 0 Å². The lowest BCUT2D eigenvalue weighted by Gasteiger charge is -2.17. The van der Waals surface area contributed by atoms with Gasteiger partial charge in [-0.2, -0.15) is 0 Å². The third kappa shape index (κ3) is 6.51. The molecule has 5 heteroatoms. The van der Waals surface area contributed by atoms with Crippen molar-refractivity contribution >= 4 is 12.1 Å². The highest BCUT2D eigenvalue weighted by molar-refractivity contribution is 5.82. The monoisotopic (exact) mass is 339 g/mol. The molecule has 0 unspecified atom stereocenters. The first-order chi connectivity index (χ1) is 12.0. The lowest BCUT2D eigenvalue weighted by Crippen LogP contribution is -2.43. The molecule has 0 aliphatic carbocycles. The summed E-state index contributed by atoms with van der Waals surface area (Å²) >= 11 is 0. The van der Waals surface area contributed by atoms with E-state index in [-0.39, 0.29) is 12.4 Å². The Bertz CT molecular complexity index is 713. The van der Waals surface area contributed by atoms with E-state index in [1.807, 2.05) is 60.7 Å². The first-order valence-electron chi connectivity index (χ1n) is 7.93. The smallest absolute Gasteiger partial charge is 0.408 e. The summed E-state index contributed by atoms with van der Waals surface area (Å²) in [5, 5.41) is 2.56. The molecule has 2 aromatic carbocycles. The molecule has 130 valence electrons. The van der Waals surface area contributed by atoms with Gasteiger partial charge in [0.25, 0.3) is 0 Å². The highest BCUT2D eigenvalue weighted by Crippen LogP contribution is 2.07. The molecule has 2 rings (SSSR count). The van der Waals surface area contributed by atoms with Gasteiger partial charge in [-0.15, -0.1) is 0 Å². The van der Waals surface area contributed by atoms with Gasteiger partial charge in [-0.3, -0.25) is 0 Å². The number of carbonyl (C=O) groups is 2. The Kier molecular flexibility index (Phi) is 6.77. The standard InChI is InChI=1S/C20H21NO4/c1-15(2)25-19(22)18(13-16-9-5-3-6-10-16)21-20(23)24-14-17-11-7-4-8-12-17/h3-12,18H,1,13-14H2,2H3,(H,21,23)/t18-/m0/s1. The van der Waals surface area contributed by atoms with Gasteiger partial charge < -0.3 is 14.8 Å². The van der Waals surface area contributed by atoms with Crippen LogP contribution in [0, 0.1) is 0 Å². The van der Waals surface area contributed by atoms with Crippen molar-refractivity contribution < 1.29 is 19.1 Å². The molecule has 0 spiro atoms. The molecule has 0 heterocycles. The van der Waals surface area contributed by atoms with Crippen LogP contribution >= 0.6 is 0 Å². The zero-order valence-electron chi connectivity index (χ0n) is 14.1. The van der Waals surface area contributed by atoms with E-state index < -0.39 is 18.1 Å². The number of amides is 1. The van der Waals surface area contributed by atoms with Crippen LogP contribution in [-0.4, -0.2) is 18.1 Å². The number of ether oxygens (including phenoxy) is 2. The van der Waals surface area contributed by atoms with Crippen molar-refractivity contribution in [3.8, 4) is 0 Å². The Morgan fingerprint density at radius 2 is 1.56 bits per heavy atom. The number of carbonyl (C=O) groups excluding carboxylic acids is 2. The van der Waals surface area contributed by atoms with Gasteiger partial charge in [-0.05, 0) is 18.1 Å². The van der Waals surface area contributed by atoms with E-state index in [1.165, 1.54) is 0 Å². The average molecular weight is 339 g/mol. The Labute approximate surface area is 147 Å². The topological polar surface area (TPSA) is 64.6 Å². The largest absolute Gasteiger partial charge is 0.445 e. The van der Waals surface area contributed by atoms with E-state index in [2.05, 4.69) is 11.9 Å². The van der Waals surface area contributed by atoms with Gasteiger partial charge in [-0.25, -0.2) is 9.59 Å². The summed E-state index contributed by atoms with van der Waals surface area (Å²) in [5.74, 6) is -0.310. The van der Waals surface area contributed by atoms with Crippen molar-refractivity contribution in [1.29, 1.82) is 0 Å². The zero-order chi connectivity index (χ0) is 18.1. The van der Waals surface area contributed by atoms with Gasteiger partial charge in [0.15, 0.2) is 0 Å². The van der Waals surface area contributed by atoms with Gasteiger partial charge in [0, 0.05) is 6.42 Å². The molecule has 1 N–H and O–H groups in total. The first-order valence-corrected chi connectivity index (χ1v) is 7.93. The molecule has 0 fully saturated rings. The highest BCUT2D eigenvalue weighted by Gasteiger charge is 2.23. The minimum absolute atomic E-state index is 0.125.